The fraction of sp³-hybridized carbons (Fsp3) is 0. The number of halogens is 1. The van der Waals surface area contributed by atoms with Crippen LogP contribution in [0.3, 0.4) is 0 Å². The number of hydrogen-bond donors (Lipinski definition) is 2. The molecule has 0 spiro atoms. The standard InChI is InChI=1S/C21H17ClN2O/c22-18-11-8-16(9-12-18)10-13-19-20(17-6-2-1-3-7-17)21(25)24-15-5-4-14-23-19/h1-15,23H,(H,24,25)/b13-10+,14-4?,15-5?,20-19?. The van der Waals surface area contributed by atoms with E-state index in [1.54, 1.807) is 18.5 Å². The van der Waals surface area contributed by atoms with E-state index in [1.807, 2.05) is 72.8 Å². The van der Waals surface area contributed by atoms with E-state index in [4.69, 9.17) is 11.6 Å². The zero-order valence-electron chi connectivity index (χ0n) is 13.4. The van der Waals surface area contributed by atoms with Crippen LogP contribution in [0.1, 0.15) is 11.3 Å². The Morgan fingerprint density at radius 3 is 2.16 bits per heavy atom. The molecule has 0 fully saturated rings. The topological polar surface area (TPSA) is 48.6 Å². The summed E-state index contributed by atoms with van der Waals surface area (Å²) < 4.78 is 0. The van der Waals surface area contributed by atoms with E-state index in [-0.39, 0.29) is 5.56 Å². The molecule has 0 radical (unpaired) electrons. The number of aromatic nitrogens is 2. The van der Waals surface area contributed by atoms with Crippen molar-refractivity contribution in [2.75, 3.05) is 0 Å². The van der Waals surface area contributed by atoms with E-state index >= 15 is 0 Å². The molecule has 3 rings (SSSR count). The Balaban J connectivity index is 2.18. The zero-order chi connectivity index (χ0) is 17.5. The Bertz CT molecular complexity index is 969. The maximum atomic E-state index is 12.6. The van der Waals surface area contributed by atoms with E-state index in [1.165, 1.54) is 0 Å². The molecule has 1 aromatic heterocycles. The SMILES string of the molecule is O=c1[nH]cccc[nH]c(/C=C/c2ccc(Cl)cc2)c1-c1ccccc1. The molecule has 124 valence electrons. The van der Waals surface area contributed by atoms with Gasteiger partial charge in [0.25, 0.3) is 5.56 Å². The third-order valence-corrected chi connectivity index (χ3v) is 3.88. The predicted molar refractivity (Wildman–Crippen MR) is 105 cm³/mol. The second-order valence-corrected chi connectivity index (χ2v) is 5.81. The van der Waals surface area contributed by atoms with E-state index < -0.39 is 0 Å². The lowest BCUT2D eigenvalue weighted by molar-refractivity contribution is 1.24. The van der Waals surface area contributed by atoms with Crippen molar-refractivity contribution in [3.05, 3.63) is 106 Å². The third-order valence-electron chi connectivity index (χ3n) is 3.63. The Morgan fingerprint density at radius 2 is 1.44 bits per heavy atom. The van der Waals surface area contributed by atoms with Crippen LogP contribution in [0.2, 0.25) is 5.02 Å². The number of benzene rings is 2. The molecule has 0 bridgehead atoms. The molecule has 0 saturated carbocycles. The van der Waals surface area contributed by atoms with E-state index in [0.29, 0.717) is 16.3 Å². The van der Waals surface area contributed by atoms with Crippen LogP contribution in [-0.4, -0.2) is 9.97 Å². The second kappa shape index (κ2) is 8.18. The molecule has 0 amide bonds. The van der Waals surface area contributed by atoms with Gasteiger partial charge in [-0.3, -0.25) is 4.79 Å². The van der Waals surface area contributed by atoms with Crippen molar-refractivity contribution in [1.29, 1.82) is 0 Å². The Morgan fingerprint density at radius 1 is 0.760 bits per heavy atom. The van der Waals surface area contributed by atoms with Crippen molar-refractivity contribution >= 4 is 23.8 Å². The minimum Gasteiger partial charge on any atom is -0.361 e. The first-order chi connectivity index (χ1) is 12.2. The predicted octanol–water partition coefficient (Wildman–Crippen LogP) is 5.32. The maximum absolute atomic E-state index is 12.6. The summed E-state index contributed by atoms with van der Waals surface area (Å²) in [6.45, 7) is 0. The fourth-order valence-corrected chi connectivity index (χ4v) is 2.54. The highest BCUT2D eigenvalue weighted by Gasteiger charge is 2.06. The van der Waals surface area contributed by atoms with Gasteiger partial charge in [0.05, 0.1) is 11.3 Å². The van der Waals surface area contributed by atoms with E-state index in [0.717, 1.165) is 11.1 Å². The monoisotopic (exact) mass is 348 g/mol. The summed E-state index contributed by atoms with van der Waals surface area (Å²) >= 11 is 5.93. The van der Waals surface area contributed by atoms with Gasteiger partial charge >= 0.3 is 0 Å². The van der Waals surface area contributed by atoms with Gasteiger partial charge in [-0.25, -0.2) is 0 Å². The lowest BCUT2D eigenvalue weighted by atomic mass is 10.0. The highest BCUT2D eigenvalue weighted by molar-refractivity contribution is 6.30. The maximum Gasteiger partial charge on any atom is 0.257 e. The molecule has 3 nitrogen and oxygen atoms in total. The molecule has 3 aromatic rings. The van der Waals surface area contributed by atoms with Gasteiger partial charge in [0, 0.05) is 17.4 Å². The lowest BCUT2D eigenvalue weighted by Crippen LogP contribution is -2.07. The summed E-state index contributed by atoms with van der Waals surface area (Å²) in [4.78, 5) is 18.6. The summed E-state index contributed by atoms with van der Waals surface area (Å²) in [6, 6.07) is 20.7. The molecular weight excluding hydrogens is 332 g/mol. The molecule has 0 aliphatic heterocycles. The van der Waals surface area contributed by atoms with Gasteiger partial charge < -0.3 is 9.97 Å². The highest BCUT2D eigenvalue weighted by atomic mass is 35.5. The molecule has 0 unspecified atom stereocenters. The summed E-state index contributed by atoms with van der Waals surface area (Å²) in [5.41, 5.74) is 2.94. The second-order valence-electron chi connectivity index (χ2n) is 5.38. The Hall–Kier alpha value is -3.04. The van der Waals surface area contributed by atoms with Crippen LogP contribution in [0.4, 0.5) is 0 Å². The van der Waals surface area contributed by atoms with Crippen LogP contribution in [0.15, 0.2) is 83.9 Å². The van der Waals surface area contributed by atoms with Gasteiger partial charge in [0.1, 0.15) is 0 Å². The molecular formula is C21H17ClN2O. The van der Waals surface area contributed by atoms with Gasteiger partial charge in [-0.15, -0.1) is 0 Å². The van der Waals surface area contributed by atoms with Crippen molar-refractivity contribution in [3.63, 3.8) is 0 Å². The number of H-pyrrole nitrogens is 2. The number of rotatable bonds is 3. The van der Waals surface area contributed by atoms with Gasteiger partial charge in [-0.2, -0.15) is 0 Å². The smallest absolute Gasteiger partial charge is 0.257 e. The molecule has 2 aromatic carbocycles. The van der Waals surface area contributed by atoms with Crippen molar-refractivity contribution < 1.29 is 0 Å². The number of hydrogen-bond acceptors (Lipinski definition) is 1. The van der Waals surface area contributed by atoms with Crippen LogP contribution in [0.25, 0.3) is 23.3 Å². The molecule has 1 heterocycles. The third kappa shape index (κ3) is 4.49. The molecule has 4 heteroatoms. The first-order valence-corrected chi connectivity index (χ1v) is 8.24. The zero-order valence-corrected chi connectivity index (χ0v) is 14.2. The average Bonchev–Trinajstić information content (AvgIpc) is 2.72. The first-order valence-electron chi connectivity index (χ1n) is 7.86. The Labute approximate surface area is 151 Å². The van der Waals surface area contributed by atoms with Gasteiger partial charge in [-0.05, 0) is 41.5 Å². The minimum atomic E-state index is -0.172. The summed E-state index contributed by atoms with van der Waals surface area (Å²) in [6.07, 6.45) is 7.24. The molecule has 2 N–H and O–H groups in total. The van der Waals surface area contributed by atoms with Crippen molar-refractivity contribution in [2.24, 2.45) is 0 Å². The largest absolute Gasteiger partial charge is 0.361 e. The summed E-state index contributed by atoms with van der Waals surface area (Å²) in [5, 5.41) is 0.690. The molecule has 0 saturated heterocycles. The van der Waals surface area contributed by atoms with Gasteiger partial charge in [-0.1, -0.05) is 60.1 Å². The highest BCUT2D eigenvalue weighted by Crippen LogP contribution is 2.19. The molecule has 25 heavy (non-hydrogen) atoms. The number of nitrogens with one attached hydrogen (secondary N) is 2. The van der Waals surface area contributed by atoms with Crippen LogP contribution in [0, 0.1) is 0 Å². The molecule has 0 atom stereocenters. The van der Waals surface area contributed by atoms with Crippen LogP contribution >= 0.6 is 11.6 Å². The quantitative estimate of drug-likeness (QED) is 0.661. The van der Waals surface area contributed by atoms with Gasteiger partial charge in [0.2, 0.25) is 0 Å². The van der Waals surface area contributed by atoms with Gasteiger partial charge in [0.15, 0.2) is 0 Å². The van der Waals surface area contributed by atoms with Crippen molar-refractivity contribution in [3.8, 4) is 11.1 Å². The van der Waals surface area contributed by atoms with Crippen molar-refractivity contribution in [2.45, 2.75) is 0 Å². The van der Waals surface area contributed by atoms with Crippen LogP contribution in [0.5, 0.6) is 0 Å². The molecule has 0 aliphatic carbocycles. The molecule has 0 aliphatic rings. The summed E-state index contributed by atoms with van der Waals surface area (Å²) in [7, 11) is 0. The first kappa shape index (κ1) is 16.8. The average molecular weight is 349 g/mol. The number of aromatic amines is 2. The minimum absolute atomic E-state index is 0.172. The Kier molecular flexibility index (Phi) is 5.50. The van der Waals surface area contributed by atoms with E-state index in [9.17, 15) is 4.79 Å². The van der Waals surface area contributed by atoms with E-state index in [2.05, 4.69) is 9.97 Å². The van der Waals surface area contributed by atoms with Crippen molar-refractivity contribution in [1.82, 2.24) is 9.97 Å². The fourth-order valence-electron chi connectivity index (χ4n) is 2.42. The normalized spacial score (nSPS) is 10.6. The lowest BCUT2D eigenvalue weighted by Gasteiger charge is -2.03. The van der Waals surface area contributed by atoms with Crippen LogP contribution < -0.4 is 5.56 Å². The summed E-state index contributed by atoms with van der Waals surface area (Å²) in [5.74, 6) is 0. The van der Waals surface area contributed by atoms with Crippen LogP contribution in [-0.2, 0) is 0 Å².